The summed E-state index contributed by atoms with van der Waals surface area (Å²) < 4.78 is 33.9. The predicted octanol–water partition coefficient (Wildman–Crippen LogP) is 0.122. The van der Waals surface area contributed by atoms with Crippen molar-refractivity contribution in [3.05, 3.63) is 24.3 Å². The summed E-state index contributed by atoms with van der Waals surface area (Å²) in [6.07, 6.45) is 0.799. The van der Waals surface area contributed by atoms with Gasteiger partial charge in [-0.05, 0) is 43.5 Å². The summed E-state index contributed by atoms with van der Waals surface area (Å²) in [6, 6.07) is 5.51. The average molecular weight is 413 g/mol. The maximum atomic E-state index is 12.4. The van der Waals surface area contributed by atoms with Gasteiger partial charge in [-0.2, -0.15) is 0 Å². The lowest BCUT2D eigenvalue weighted by Gasteiger charge is -2.24. The van der Waals surface area contributed by atoms with Gasteiger partial charge in [-0.15, -0.1) is 0 Å². The largest absolute Gasteiger partial charge is 0.493 e. The molecule has 1 heterocycles. The molecule has 4 unspecified atom stereocenters. The highest BCUT2D eigenvalue weighted by atomic mass is 32.2. The summed E-state index contributed by atoms with van der Waals surface area (Å²) in [4.78, 5) is 12.6. The maximum absolute atomic E-state index is 12.4. The molecular formula is C19H27NO7S. The van der Waals surface area contributed by atoms with Gasteiger partial charge in [0.25, 0.3) is 0 Å². The van der Waals surface area contributed by atoms with E-state index in [2.05, 4.69) is 5.32 Å². The zero-order valence-corrected chi connectivity index (χ0v) is 16.6. The number of carbonyl (C=O) groups excluding carboxylic acids is 1. The quantitative estimate of drug-likeness (QED) is 0.606. The molecule has 9 heteroatoms. The molecule has 3 N–H and O–H groups in total. The Balaban J connectivity index is 1.53. The van der Waals surface area contributed by atoms with Gasteiger partial charge >= 0.3 is 0 Å². The first-order valence-electron chi connectivity index (χ1n) is 9.43. The molecule has 1 aliphatic carbocycles. The van der Waals surface area contributed by atoms with Gasteiger partial charge in [0.15, 0.2) is 9.84 Å². The summed E-state index contributed by atoms with van der Waals surface area (Å²) in [5, 5.41) is 23.4. The van der Waals surface area contributed by atoms with Crippen LogP contribution < -0.4 is 10.1 Å². The first-order valence-corrected chi connectivity index (χ1v) is 11.3. The van der Waals surface area contributed by atoms with E-state index in [0.29, 0.717) is 38.2 Å². The molecule has 1 amide bonds. The van der Waals surface area contributed by atoms with Gasteiger partial charge in [-0.1, -0.05) is 0 Å². The van der Waals surface area contributed by atoms with E-state index in [1.807, 2.05) is 0 Å². The summed E-state index contributed by atoms with van der Waals surface area (Å²) in [5.41, 5.74) is 0. The third-order valence-corrected chi connectivity index (χ3v) is 6.57. The lowest BCUT2D eigenvalue weighted by Crippen LogP contribution is -2.46. The van der Waals surface area contributed by atoms with Crippen LogP contribution in [0.15, 0.2) is 29.2 Å². The van der Waals surface area contributed by atoms with Crippen molar-refractivity contribution < 1.29 is 32.9 Å². The van der Waals surface area contributed by atoms with E-state index in [1.165, 1.54) is 12.1 Å². The number of sulfone groups is 1. The number of rotatable bonds is 6. The van der Waals surface area contributed by atoms with Crippen LogP contribution in [0.3, 0.4) is 0 Å². The number of nitrogens with one attached hydrogen (secondary N) is 1. The van der Waals surface area contributed by atoms with E-state index in [9.17, 15) is 23.4 Å². The average Bonchev–Trinajstić information content (AvgIpc) is 2.94. The molecule has 1 aromatic rings. The van der Waals surface area contributed by atoms with Gasteiger partial charge in [0, 0.05) is 31.3 Å². The number of aliphatic hydroxyl groups excluding tert-OH is 2. The zero-order chi connectivity index (χ0) is 20.3. The topological polar surface area (TPSA) is 122 Å². The van der Waals surface area contributed by atoms with Crippen molar-refractivity contribution in [2.75, 3.05) is 26.1 Å². The number of carbonyl (C=O) groups is 1. The smallest absolute Gasteiger partial charge is 0.223 e. The second-order valence-electron chi connectivity index (χ2n) is 7.53. The van der Waals surface area contributed by atoms with E-state index >= 15 is 0 Å². The van der Waals surface area contributed by atoms with Gasteiger partial charge in [-0.3, -0.25) is 4.79 Å². The molecule has 1 aromatic carbocycles. The van der Waals surface area contributed by atoms with Crippen LogP contribution >= 0.6 is 0 Å². The van der Waals surface area contributed by atoms with Crippen LogP contribution in [-0.4, -0.2) is 68.9 Å². The van der Waals surface area contributed by atoms with Gasteiger partial charge in [0.2, 0.25) is 5.91 Å². The minimum absolute atomic E-state index is 0.113. The fraction of sp³-hybridized carbons (Fsp3) is 0.632. The lowest BCUT2D eigenvalue weighted by atomic mass is 9.98. The SMILES string of the molecule is CS(=O)(=O)c1ccc(OCC2CC(NC(=O)C3CCOCC3)C(O)C2O)cc1. The predicted molar refractivity (Wildman–Crippen MR) is 101 cm³/mol. The van der Waals surface area contributed by atoms with Gasteiger partial charge in [0.05, 0.1) is 23.6 Å². The second-order valence-corrected chi connectivity index (χ2v) is 9.55. The highest BCUT2D eigenvalue weighted by molar-refractivity contribution is 7.90. The van der Waals surface area contributed by atoms with Crippen molar-refractivity contribution in [3.63, 3.8) is 0 Å². The molecule has 3 rings (SSSR count). The molecule has 1 saturated heterocycles. The van der Waals surface area contributed by atoms with Crippen LogP contribution in [0.2, 0.25) is 0 Å². The highest BCUT2D eigenvalue weighted by Crippen LogP contribution is 2.29. The fourth-order valence-corrected chi connectivity index (χ4v) is 4.31. The van der Waals surface area contributed by atoms with Gasteiger partial charge in [-0.25, -0.2) is 8.42 Å². The molecule has 1 aliphatic heterocycles. The number of aliphatic hydroxyl groups is 2. The zero-order valence-electron chi connectivity index (χ0n) is 15.8. The molecule has 1 saturated carbocycles. The summed E-state index contributed by atoms with van der Waals surface area (Å²) >= 11 is 0. The molecule has 0 aromatic heterocycles. The van der Waals surface area contributed by atoms with Crippen LogP contribution in [0.1, 0.15) is 19.3 Å². The Hall–Kier alpha value is -1.68. The standard InChI is InChI=1S/C19H27NO7S/c1-28(24,25)15-4-2-14(3-5-15)27-11-13-10-16(18(22)17(13)21)20-19(23)12-6-8-26-9-7-12/h2-5,12-13,16-18,21-22H,6-11H2,1H3,(H,20,23). The molecular weight excluding hydrogens is 386 g/mol. The monoisotopic (exact) mass is 413 g/mol. The first kappa shape index (κ1) is 21.0. The van der Waals surface area contributed by atoms with Crippen molar-refractivity contribution in [1.29, 1.82) is 0 Å². The third-order valence-electron chi connectivity index (χ3n) is 5.44. The number of hydrogen-bond donors (Lipinski definition) is 3. The first-order chi connectivity index (χ1) is 13.3. The Morgan fingerprint density at radius 3 is 2.43 bits per heavy atom. The minimum Gasteiger partial charge on any atom is -0.493 e. The molecule has 0 spiro atoms. The molecule has 0 radical (unpaired) electrons. The highest BCUT2D eigenvalue weighted by Gasteiger charge is 2.43. The normalized spacial score (nSPS) is 28.8. The molecule has 4 atom stereocenters. The number of amides is 1. The lowest BCUT2D eigenvalue weighted by molar-refractivity contribution is -0.129. The number of benzene rings is 1. The Labute approximate surface area is 164 Å². The molecule has 8 nitrogen and oxygen atoms in total. The van der Waals surface area contributed by atoms with E-state index in [4.69, 9.17) is 9.47 Å². The van der Waals surface area contributed by atoms with E-state index < -0.39 is 28.1 Å². The summed E-state index contributed by atoms with van der Waals surface area (Å²) in [6.45, 7) is 1.27. The van der Waals surface area contributed by atoms with E-state index in [-0.39, 0.29) is 29.2 Å². The minimum atomic E-state index is -3.27. The Kier molecular flexibility index (Phi) is 6.59. The van der Waals surface area contributed by atoms with Crippen LogP contribution in [0.4, 0.5) is 0 Å². The molecule has 2 aliphatic rings. The van der Waals surface area contributed by atoms with Crippen molar-refractivity contribution in [2.45, 2.75) is 42.4 Å². The van der Waals surface area contributed by atoms with E-state index in [1.54, 1.807) is 12.1 Å². The van der Waals surface area contributed by atoms with Crippen LogP contribution in [0.5, 0.6) is 5.75 Å². The Bertz CT molecular complexity index is 774. The molecule has 0 bridgehead atoms. The van der Waals surface area contributed by atoms with Crippen LogP contribution in [-0.2, 0) is 19.4 Å². The van der Waals surface area contributed by atoms with Crippen LogP contribution in [0, 0.1) is 11.8 Å². The maximum Gasteiger partial charge on any atom is 0.223 e. The molecule has 28 heavy (non-hydrogen) atoms. The van der Waals surface area contributed by atoms with Crippen molar-refractivity contribution in [2.24, 2.45) is 11.8 Å². The van der Waals surface area contributed by atoms with E-state index in [0.717, 1.165) is 6.26 Å². The Morgan fingerprint density at radius 1 is 1.18 bits per heavy atom. The third kappa shape index (κ3) is 5.02. The van der Waals surface area contributed by atoms with Gasteiger partial charge in [0.1, 0.15) is 11.9 Å². The summed E-state index contributed by atoms with van der Waals surface area (Å²) in [5.74, 6) is -0.104. The number of ether oxygens (including phenoxy) is 2. The van der Waals surface area contributed by atoms with Gasteiger partial charge < -0.3 is 25.0 Å². The van der Waals surface area contributed by atoms with Crippen LogP contribution in [0.25, 0.3) is 0 Å². The second kappa shape index (κ2) is 8.77. The molecule has 156 valence electrons. The van der Waals surface area contributed by atoms with Crippen molar-refractivity contribution in [3.8, 4) is 5.75 Å². The Morgan fingerprint density at radius 2 is 1.82 bits per heavy atom. The fourth-order valence-electron chi connectivity index (χ4n) is 3.68. The number of hydrogen-bond acceptors (Lipinski definition) is 7. The van der Waals surface area contributed by atoms with Crippen molar-refractivity contribution in [1.82, 2.24) is 5.32 Å². The van der Waals surface area contributed by atoms with Crippen molar-refractivity contribution >= 4 is 15.7 Å². The molecule has 2 fully saturated rings. The summed E-state index contributed by atoms with van der Waals surface area (Å²) in [7, 11) is -3.27.